The summed E-state index contributed by atoms with van der Waals surface area (Å²) >= 11 is 0. The van der Waals surface area contributed by atoms with Crippen molar-refractivity contribution in [1.29, 1.82) is 5.26 Å². The third-order valence-corrected chi connectivity index (χ3v) is 3.61. The summed E-state index contributed by atoms with van der Waals surface area (Å²) in [6.07, 6.45) is -9.48. The van der Waals surface area contributed by atoms with Gasteiger partial charge < -0.3 is 9.84 Å². The van der Waals surface area contributed by atoms with E-state index in [1.54, 1.807) is 6.07 Å². The van der Waals surface area contributed by atoms with Crippen molar-refractivity contribution in [2.45, 2.75) is 24.6 Å². The molecule has 1 N–H and O–H groups in total. The van der Waals surface area contributed by atoms with Crippen molar-refractivity contribution in [1.82, 2.24) is 9.97 Å². The fraction of sp³-hybridized carbons (Fsp3) is 0.267. The fourth-order valence-electron chi connectivity index (χ4n) is 2.55. The molecule has 0 saturated heterocycles. The SMILES string of the molecule is N#Cc1cncc(Oc2cnc(C(F)(F)F)c3c2[C@@H](F)[C@@H](F)[C@H]3O)c1. The largest absolute Gasteiger partial charge is 0.454 e. The molecule has 2 aromatic rings. The Balaban J connectivity index is 2.12. The van der Waals surface area contributed by atoms with E-state index in [1.165, 1.54) is 12.3 Å². The second-order valence-corrected chi connectivity index (χ2v) is 5.21. The average Bonchev–Trinajstić information content (AvgIpc) is 2.79. The van der Waals surface area contributed by atoms with Crippen molar-refractivity contribution >= 4 is 0 Å². The van der Waals surface area contributed by atoms with Crippen molar-refractivity contribution in [3.05, 3.63) is 47.0 Å². The van der Waals surface area contributed by atoms with Crippen LogP contribution in [0.15, 0.2) is 24.7 Å². The lowest BCUT2D eigenvalue weighted by molar-refractivity contribution is -0.143. The molecule has 5 nitrogen and oxygen atoms in total. The van der Waals surface area contributed by atoms with Gasteiger partial charge in [-0.25, -0.2) is 13.8 Å². The third kappa shape index (κ3) is 2.87. The van der Waals surface area contributed by atoms with E-state index in [1.807, 2.05) is 0 Å². The molecule has 1 aliphatic carbocycles. The number of hydrogen-bond acceptors (Lipinski definition) is 5. The number of nitrogens with zero attached hydrogens (tertiary/aromatic N) is 3. The molecule has 130 valence electrons. The van der Waals surface area contributed by atoms with Crippen LogP contribution in [0.1, 0.15) is 34.7 Å². The minimum absolute atomic E-state index is 0.0770. The maximum absolute atomic E-state index is 14.2. The highest BCUT2D eigenvalue weighted by molar-refractivity contribution is 5.51. The van der Waals surface area contributed by atoms with Gasteiger partial charge in [0.25, 0.3) is 0 Å². The lowest BCUT2D eigenvalue weighted by Gasteiger charge is -2.16. The van der Waals surface area contributed by atoms with E-state index < -0.39 is 47.2 Å². The highest BCUT2D eigenvalue weighted by Gasteiger charge is 2.50. The van der Waals surface area contributed by atoms with Gasteiger partial charge in [-0.3, -0.25) is 4.98 Å². The van der Waals surface area contributed by atoms with E-state index in [4.69, 9.17) is 10.00 Å². The number of rotatable bonds is 2. The van der Waals surface area contributed by atoms with Gasteiger partial charge in [0.1, 0.15) is 17.9 Å². The summed E-state index contributed by atoms with van der Waals surface area (Å²) in [6, 6.07) is 2.99. The summed E-state index contributed by atoms with van der Waals surface area (Å²) in [6.45, 7) is 0. The molecular formula is C15H8F5N3O2. The van der Waals surface area contributed by atoms with Gasteiger partial charge in [0.15, 0.2) is 23.8 Å². The lowest BCUT2D eigenvalue weighted by atomic mass is 10.1. The van der Waals surface area contributed by atoms with E-state index in [0.29, 0.717) is 6.20 Å². The summed E-state index contributed by atoms with van der Waals surface area (Å²) in [5.74, 6) is -0.571. The highest BCUT2D eigenvalue weighted by atomic mass is 19.4. The number of halogens is 5. The molecule has 0 fully saturated rings. The van der Waals surface area contributed by atoms with Crippen LogP contribution in [0.25, 0.3) is 0 Å². The number of pyridine rings is 2. The molecule has 0 unspecified atom stereocenters. The molecule has 0 aliphatic heterocycles. The zero-order valence-electron chi connectivity index (χ0n) is 12.1. The molecule has 0 saturated carbocycles. The number of aliphatic hydroxyl groups is 1. The Morgan fingerprint density at radius 1 is 1.16 bits per heavy atom. The molecule has 2 heterocycles. The Morgan fingerprint density at radius 3 is 2.52 bits per heavy atom. The standard InChI is InChI=1S/C15H8F5N3O2/c16-11-9-8(25-7-1-6(2-21)3-22-4-7)5-23-14(15(18,19)20)10(9)13(24)12(11)17/h1,3-5,11-13,24H/t11-,12-,13+/m1/s1. The van der Waals surface area contributed by atoms with Crippen LogP contribution in [0.3, 0.4) is 0 Å². The molecule has 10 heteroatoms. The zero-order chi connectivity index (χ0) is 18.4. The molecule has 0 bridgehead atoms. The first-order valence-corrected chi connectivity index (χ1v) is 6.83. The molecule has 0 aromatic carbocycles. The molecule has 2 aromatic heterocycles. The first kappa shape index (κ1) is 17.0. The van der Waals surface area contributed by atoms with E-state index in [9.17, 15) is 27.1 Å². The van der Waals surface area contributed by atoms with Gasteiger partial charge in [0, 0.05) is 23.4 Å². The molecule has 0 radical (unpaired) electrons. The minimum atomic E-state index is -5.00. The molecule has 1 aliphatic rings. The van der Waals surface area contributed by atoms with Gasteiger partial charge >= 0.3 is 6.18 Å². The number of aromatic nitrogens is 2. The molecule has 3 atom stereocenters. The van der Waals surface area contributed by atoms with Crippen LogP contribution in [0.2, 0.25) is 0 Å². The number of hydrogen-bond donors (Lipinski definition) is 1. The van der Waals surface area contributed by atoms with Gasteiger partial charge in [0.05, 0.1) is 18.0 Å². The van der Waals surface area contributed by atoms with Crippen LogP contribution in [-0.2, 0) is 6.18 Å². The first-order valence-electron chi connectivity index (χ1n) is 6.83. The van der Waals surface area contributed by atoms with Crippen molar-refractivity contribution in [3.63, 3.8) is 0 Å². The van der Waals surface area contributed by atoms with E-state index in [2.05, 4.69) is 9.97 Å². The van der Waals surface area contributed by atoms with Crippen LogP contribution in [0, 0.1) is 11.3 Å². The van der Waals surface area contributed by atoms with Crippen LogP contribution >= 0.6 is 0 Å². The topological polar surface area (TPSA) is 79.0 Å². The first-order chi connectivity index (χ1) is 11.7. The van der Waals surface area contributed by atoms with Crippen molar-refractivity contribution in [2.75, 3.05) is 0 Å². The number of alkyl halides is 5. The monoisotopic (exact) mass is 357 g/mol. The van der Waals surface area contributed by atoms with E-state index >= 15 is 0 Å². The van der Waals surface area contributed by atoms with Crippen LogP contribution in [-0.4, -0.2) is 21.2 Å². The van der Waals surface area contributed by atoms with Gasteiger partial charge in [0.2, 0.25) is 0 Å². The Kier molecular flexibility index (Phi) is 4.04. The minimum Gasteiger partial charge on any atom is -0.454 e. The Labute approximate surface area is 137 Å². The van der Waals surface area contributed by atoms with E-state index in [0.717, 1.165) is 6.20 Å². The second kappa shape index (κ2) is 5.93. The maximum atomic E-state index is 14.2. The summed E-state index contributed by atoms with van der Waals surface area (Å²) in [5, 5.41) is 18.5. The van der Waals surface area contributed by atoms with Crippen molar-refractivity contribution in [3.8, 4) is 17.6 Å². The zero-order valence-corrected chi connectivity index (χ0v) is 12.1. The third-order valence-electron chi connectivity index (χ3n) is 3.61. The van der Waals surface area contributed by atoms with E-state index in [-0.39, 0.29) is 11.3 Å². The number of aliphatic hydroxyl groups excluding tert-OH is 1. The summed E-state index contributed by atoms with van der Waals surface area (Å²) in [5.41, 5.74) is -3.23. The van der Waals surface area contributed by atoms with Crippen LogP contribution in [0.4, 0.5) is 22.0 Å². The van der Waals surface area contributed by atoms with Gasteiger partial charge in [-0.2, -0.15) is 18.4 Å². The average molecular weight is 357 g/mol. The second-order valence-electron chi connectivity index (χ2n) is 5.21. The highest BCUT2D eigenvalue weighted by Crippen LogP contribution is 2.51. The van der Waals surface area contributed by atoms with Crippen molar-refractivity contribution < 1.29 is 31.8 Å². The van der Waals surface area contributed by atoms with Crippen LogP contribution in [0.5, 0.6) is 11.5 Å². The quantitative estimate of drug-likeness (QED) is 0.832. The molecule has 0 spiro atoms. The summed E-state index contributed by atoms with van der Waals surface area (Å²) in [4.78, 5) is 6.84. The van der Waals surface area contributed by atoms with Crippen LogP contribution < -0.4 is 4.74 Å². The van der Waals surface area contributed by atoms with Gasteiger partial charge in [-0.05, 0) is 0 Å². The van der Waals surface area contributed by atoms with Crippen molar-refractivity contribution in [2.24, 2.45) is 0 Å². The fourth-order valence-corrected chi connectivity index (χ4v) is 2.55. The number of fused-ring (bicyclic) bond motifs is 1. The maximum Gasteiger partial charge on any atom is 0.433 e. The van der Waals surface area contributed by atoms with Gasteiger partial charge in [-0.15, -0.1) is 0 Å². The normalized spacial score (nSPS) is 22.4. The molecule has 0 amide bonds. The summed E-state index contributed by atoms with van der Waals surface area (Å²) < 4.78 is 72.2. The molecular weight excluding hydrogens is 349 g/mol. The Hall–Kier alpha value is -2.80. The molecule has 25 heavy (non-hydrogen) atoms. The van der Waals surface area contributed by atoms with Gasteiger partial charge in [-0.1, -0.05) is 0 Å². The predicted octanol–water partition coefficient (Wildman–Crippen LogP) is 3.56. The Bertz CT molecular complexity index is 865. The molecule has 3 rings (SSSR count). The summed E-state index contributed by atoms with van der Waals surface area (Å²) in [7, 11) is 0. The number of nitriles is 1. The Morgan fingerprint density at radius 2 is 1.88 bits per heavy atom. The lowest BCUT2D eigenvalue weighted by Crippen LogP contribution is -2.16. The predicted molar refractivity (Wildman–Crippen MR) is 72.0 cm³/mol. The number of ether oxygens (including phenoxy) is 1. The smallest absolute Gasteiger partial charge is 0.433 e.